The molecule has 0 saturated carbocycles. The summed E-state index contributed by atoms with van der Waals surface area (Å²) in [7, 11) is 1.60. The van der Waals surface area contributed by atoms with Gasteiger partial charge in [-0.3, -0.25) is 0 Å². The first-order valence-corrected chi connectivity index (χ1v) is 2.78. The van der Waals surface area contributed by atoms with Gasteiger partial charge in [0.1, 0.15) is 5.10 Å². The summed E-state index contributed by atoms with van der Waals surface area (Å²) in [6.45, 7) is 0.232. The predicted octanol–water partition coefficient (Wildman–Crippen LogP) is -0.518. The van der Waals surface area contributed by atoms with Crippen molar-refractivity contribution >= 4 is 12.4 Å². The second-order valence-corrected chi connectivity index (χ2v) is 1.87. The zero-order valence-corrected chi connectivity index (χ0v) is 5.80. The third-order valence-corrected chi connectivity index (χ3v) is 1.02. The van der Waals surface area contributed by atoms with Crippen molar-refractivity contribution < 1.29 is 9.77 Å². The van der Waals surface area contributed by atoms with Gasteiger partial charge in [-0.1, -0.05) is 0 Å². The largest absolute Gasteiger partial charge is 0.462 e. The van der Waals surface area contributed by atoms with Gasteiger partial charge in [-0.25, -0.2) is 10.1 Å². The molecule has 1 aliphatic heterocycles. The van der Waals surface area contributed by atoms with Gasteiger partial charge in [0, 0.05) is 7.05 Å². The fourth-order valence-corrected chi connectivity index (χ4v) is 0.561. The highest BCUT2D eigenvalue weighted by Crippen LogP contribution is 1.95. The summed E-state index contributed by atoms with van der Waals surface area (Å²) in [4.78, 5) is 14.8. The first kappa shape index (κ1) is 7.45. The summed E-state index contributed by atoms with van der Waals surface area (Å²) in [6, 6.07) is 0. The molecule has 0 aromatic rings. The van der Waals surface area contributed by atoms with E-state index < -0.39 is 5.03 Å². The number of aliphatic imine (C=N–C) groups is 1. The highest BCUT2D eigenvalue weighted by molar-refractivity contribution is 5.86. The van der Waals surface area contributed by atoms with Crippen LogP contribution < -0.4 is 0 Å². The molecule has 0 saturated heterocycles. The van der Waals surface area contributed by atoms with Crippen molar-refractivity contribution in [2.24, 2.45) is 10.1 Å². The molecule has 1 aliphatic rings. The van der Waals surface area contributed by atoms with Crippen molar-refractivity contribution in [3.8, 4) is 0 Å². The molecule has 7 nitrogen and oxygen atoms in total. The van der Waals surface area contributed by atoms with E-state index in [0.29, 0.717) is 0 Å². The van der Waals surface area contributed by atoms with Crippen LogP contribution in [0.25, 0.3) is 0 Å². The Balaban J connectivity index is 2.76. The van der Waals surface area contributed by atoms with E-state index in [1.54, 1.807) is 7.05 Å². The molecular weight excluding hydrogens is 152 g/mol. The maximum absolute atomic E-state index is 9.89. The molecule has 0 aromatic heterocycles. The van der Waals surface area contributed by atoms with E-state index in [1.807, 2.05) is 0 Å². The van der Waals surface area contributed by atoms with Gasteiger partial charge in [0.25, 0.3) is 0 Å². The van der Waals surface area contributed by atoms with E-state index in [-0.39, 0.29) is 12.7 Å². The molecule has 0 unspecified atom stereocenters. The van der Waals surface area contributed by atoms with Crippen LogP contribution in [-0.2, 0) is 4.74 Å². The van der Waals surface area contributed by atoms with Crippen molar-refractivity contribution in [1.29, 1.82) is 0 Å². The zero-order chi connectivity index (χ0) is 8.27. The Morgan fingerprint density at radius 2 is 2.73 bits per heavy atom. The lowest BCUT2D eigenvalue weighted by molar-refractivity contribution is -0.485. The van der Waals surface area contributed by atoms with E-state index in [2.05, 4.69) is 10.1 Å². The molecule has 0 radical (unpaired) electrons. The summed E-state index contributed by atoms with van der Waals surface area (Å²) < 4.78 is 4.72. The lowest BCUT2D eigenvalue weighted by Crippen LogP contribution is -2.32. The lowest BCUT2D eigenvalue weighted by Gasteiger charge is -2.17. The minimum absolute atomic E-state index is 0.0428. The summed E-state index contributed by atoms with van der Waals surface area (Å²) >= 11 is 0. The number of nitrogens with zero attached hydrogens (tertiary/aromatic N) is 4. The molecule has 0 atom stereocenters. The van der Waals surface area contributed by atoms with E-state index in [1.165, 1.54) is 4.90 Å². The third kappa shape index (κ3) is 1.88. The SMILES string of the molecule is CN1COC=NC1=N[N+](=O)[O-]. The Morgan fingerprint density at radius 1 is 2.00 bits per heavy atom. The molecule has 0 fully saturated rings. The normalized spacial score (nSPS) is 20.1. The molecule has 0 spiro atoms. The van der Waals surface area contributed by atoms with Gasteiger partial charge in [0.2, 0.25) is 0 Å². The first-order valence-electron chi connectivity index (χ1n) is 2.78. The molecule has 0 aliphatic carbocycles. The Hall–Kier alpha value is -1.66. The fourth-order valence-electron chi connectivity index (χ4n) is 0.561. The van der Waals surface area contributed by atoms with Crippen LogP contribution in [0.15, 0.2) is 10.1 Å². The quantitative estimate of drug-likeness (QED) is 0.380. The van der Waals surface area contributed by atoms with E-state index in [4.69, 9.17) is 4.74 Å². The second kappa shape index (κ2) is 2.95. The Labute approximate surface area is 62.1 Å². The maximum Gasteiger partial charge on any atom is 0.302 e. The number of ether oxygens (including phenoxy) is 1. The number of guanidine groups is 1. The van der Waals surface area contributed by atoms with Crippen LogP contribution >= 0.6 is 0 Å². The van der Waals surface area contributed by atoms with Crippen LogP contribution in [0.5, 0.6) is 0 Å². The summed E-state index contributed by atoms with van der Waals surface area (Å²) in [5.41, 5.74) is 0. The van der Waals surface area contributed by atoms with Gasteiger partial charge in [-0.15, -0.1) is 0 Å². The third-order valence-electron chi connectivity index (χ3n) is 1.02. The molecule has 1 rings (SSSR count). The minimum Gasteiger partial charge on any atom is -0.462 e. The van der Waals surface area contributed by atoms with Gasteiger partial charge in [0.15, 0.2) is 18.2 Å². The predicted molar refractivity (Wildman–Crippen MR) is 36.6 cm³/mol. The molecule has 0 aromatic carbocycles. The monoisotopic (exact) mass is 158 g/mol. The van der Waals surface area contributed by atoms with Crippen molar-refractivity contribution in [2.45, 2.75) is 0 Å². The minimum atomic E-state index is -0.797. The maximum atomic E-state index is 9.89. The zero-order valence-electron chi connectivity index (χ0n) is 5.80. The Kier molecular flexibility index (Phi) is 2.00. The Bertz CT molecular complexity index is 223. The smallest absolute Gasteiger partial charge is 0.302 e. The van der Waals surface area contributed by atoms with Crippen molar-refractivity contribution in [3.05, 3.63) is 10.1 Å². The number of hydrazone groups is 1. The van der Waals surface area contributed by atoms with Gasteiger partial charge in [-0.05, 0) is 0 Å². The van der Waals surface area contributed by atoms with E-state index in [9.17, 15) is 10.1 Å². The van der Waals surface area contributed by atoms with E-state index >= 15 is 0 Å². The van der Waals surface area contributed by atoms with Crippen LogP contribution in [0.4, 0.5) is 0 Å². The molecule has 0 bridgehead atoms. The van der Waals surface area contributed by atoms with Crippen LogP contribution in [0.2, 0.25) is 0 Å². The van der Waals surface area contributed by atoms with Crippen LogP contribution in [0.3, 0.4) is 0 Å². The van der Waals surface area contributed by atoms with Crippen LogP contribution in [0, 0.1) is 10.1 Å². The van der Waals surface area contributed by atoms with E-state index in [0.717, 1.165) is 6.40 Å². The Morgan fingerprint density at radius 3 is 3.27 bits per heavy atom. The summed E-state index contributed by atoms with van der Waals surface area (Å²) in [6.07, 6.45) is 1.13. The fraction of sp³-hybridized carbons (Fsp3) is 0.500. The van der Waals surface area contributed by atoms with Crippen LogP contribution in [0.1, 0.15) is 0 Å². The summed E-state index contributed by atoms with van der Waals surface area (Å²) in [5, 5.41) is 12.1. The van der Waals surface area contributed by atoms with Gasteiger partial charge in [0.05, 0.1) is 0 Å². The number of nitro groups is 1. The molecule has 7 heteroatoms. The van der Waals surface area contributed by atoms with Crippen molar-refractivity contribution in [1.82, 2.24) is 4.90 Å². The number of hydrogen-bond donors (Lipinski definition) is 0. The van der Waals surface area contributed by atoms with Gasteiger partial charge < -0.3 is 9.64 Å². The lowest BCUT2D eigenvalue weighted by atomic mass is 10.8. The molecule has 11 heavy (non-hydrogen) atoms. The molecule has 0 amide bonds. The second-order valence-electron chi connectivity index (χ2n) is 1.87. The number of hydrogen-bond acceptors (Lipinski definition) is 3. The highest BCUT2D eigenvalue weighted by Gasteiger charge is 2.12. The van der Waals surface area contributed by atoms with Crippen molar-refractivity contribution in [3.63, 3.8) is 0 Å². The topological polar surface area (TPSA) is 80.3 Å². The standard InChI is InChI=1S/C4H6N4O3/c1-7-3-11-2-5-4(7)6-8(9)10/h2H,3H2,1H3. The molecule has 60 valence electrons. The molecule has 1 heterocycles. The van der Waals surface area contributed by atoms with Gasteiger partial charge in [-0.2, -0.15) is 4.99 Å². The molecular formula is C4H6N4O3. The van der Waals surface area contributed by atoms with Crippen LogP contribution in [-0.4, -0.2) is 36.1 Å². The molecule has 0 N–H and O–H groups in total. The number of rotatable bonds is 1. The summed E-state index contributed by atoms with van der Waals surface area (Å²) in [5.74, 6) is 0.0428. The highest BCUT2D eigenvalue weighted by atomic mass is 16.7. The average Bonchev–Trinajstić information content (AvgIpc) is 1.93. The average molecular weight is 158 g/mol. The first-order chi connectivity index (χ1) is 5.20. The van der Waals surface area contributed by atoms with Crippen molar-refractivity contribution in [2.75, 3.05) is 13.8 Å². The van der Waals surface area contributed by atoms with Gasteiger partial charge >= 0.3 is 5.96 Å².